The molecule has 3 rings (SSSR count). The molecule has 0 heterocycles. The molecule has 0 aromatic heterocycles. The maximum absolute atomic E-state index is 6.22. The average molecular weight is 381 g/mol. The molecule has 21 heavy (non-hydrogen) atoms. The Hall–Kier alpha value is -1.22. The normalized spacial score (nSPS) is 10.8. The van der Waals surface area contributed by atoms with E-state index < -0.39 is 0 Å². The summed E-state index contributed by atoms with van der Waals surface area (Å²) in [6.45, 7) is 0.673. The molecule has 0 saturated carbocycles. The van der Waals surface area contributed by atoms with Crippen LogP contribution in [0.2, 0.25) is 10.0 Å². The Morgan fingerprint density at radius 2 is 1.52 bits per heavy atom. The summed E-state index contributed by atoms with van der Waals surface area (Å²) < 4.78 is 0.869. The third-order valence-corrected chi connectivity index (χ3v) is 4.34. The van der Waals surface area contributed by atoms with Crippen LogP contribution >= 0.6 is 39.1 Å². The first kappa shape index (κ1) is 14.7. The summed E-state index contributed by atoms with van der Waals surface area (Å²) >= 11 is 15.8. The SMILES string of the molecule is Clc1cc(Br)cc(Cl)c1NCc1ccc2ccccc2c1. The Balaban J connectivity index is 1.83. The van der Waals surface area contributed by atoms with Crippen molar-refractivity contribution in [2.75, 3.05) is 5.32 Å². The number of nitrogens with one attached hydrogen (secondary N) is 1. The van der Waals surface area contributed by atoms with Crippen molar-refractivity contribution in [2.24, 2.45) is 0 Å². The Morgan fingerprint density at radius 1 is 0.857 bits per heavy atom. The molecule has 4 heteroatoms. The van der Waals surface area contributed by atoms with E-state index in [1.807, 2.05) is 24.3 Å². The third kappa shape index (κ3) is 3.34. The number of halogens is 3. The van der Waals surface area contributed by atoms with Crippen molar-refractivity contribution in [2.45, 2.75) is 6.54 Å². The Bertz CT molecular complexity index is 779. The molecule has 0 bridgehead atoms. The van der Waals surface area contributed by atoms with Crippen molar-refractivity contribution < 1.29 is 0 Å². The molecular formula is C17H12BrCl2N. The van der Waals surface area contributed by atoms with E-state index in [4.69, 9.17) is 23.2 Å². The molecule has 0 fully saturated rings. The molecule has 0 amide bonds. The molecule has 0 spiro atoms. The van der Waals surface area contributed by atoms with E-state index >= 15 is 0 Å². The minimum atomic E-state index is 0.607. The van der Waals surface area contributed by atoms with Gasteiger partial charge in [0.15, 0.2) is 0 Å². The highest BCUT2D eigenvalue weighted by atomic mass is 79.9. The van der Waals surface area contributed by atoms with Gasteiger partial charge in [0.2, 0.25) is 0 Å². The first-order valence-electron chi connectivity index (χ1n) is 6.49. The quantitative estimate of drug-likeness (QED) is 0.545. The summed E-state index contributed by atoms with van der Waals surface area (Å²) in [5.74, 6) is 0. The summed E-state index contributed by atoms with van der Waals surface area (Å²) in [4.78, 5) is 0. The molecule has 0 saturated heterocycles. The van der Waals surface area contributed by atoms with Gasteiger partial charge >= 0.3 is 0 Å². The van der Waals surface area contributed by atoms with Crippen LogP contribution in [0.1, 0.15) is 5.56 Å². The number of rotatable bonds is 3. The van der Waals surface area contributed by atoms with Gasteiger partial charge in [0, 0.05) is 11.0 Å². The molecule has 1 N–H and O–H groups in total. The first-order valence-corrected chi connectivity index (χ1v) is 8.04. The van der Waals surface area contributed by atoms with Crippen molar-refractivity contribution in [3.8, 4) is 0 Å². The predicted molar refractivity (Wildman–Crippen MR) is 95.4 cm³/mol. The van der Waals surface area contributed by atoms with Gasteiger partial charge in [0.25, 0.3) is 0 Å². The van der Waals surface area contributed by atoms with Gasteiger partial charge in [-0.05, 0) is 34.5 Å². The standard InChI is InChI=1S/C17H12BrCl2N/c18-14-8-15(19)17(16(20)9-14)21-10-11-5-6-12-3-1-2-4-13(12)7-11/h1-9,21H,10H2. The number of anilines is 1. The summed E-state index contributed by atoms with van der Waals surface area (Å²) in [6, 6.07) is 18.4. The smallest absolute Gasteiger partial charge is 0.0722 e. The minimum Gasteiger partial charge on any atom is -0.379 e. The van der Waals surface area contributed by atoms with Crippen molar-refractivity contribution in [3.05, 3.63) is 74.7 Å². The van der Waals surface area contributed by atoms with Crippen LogP contribution in [0.25, 0.3) is 10.8 Å². The van der Waals surface area contributed by atoms with Gasteiger partial charge in [-0.1, -0.05) is 75.5 Å². The lowest BCUT2D eigenvalue weighted by atomic mass is 10.1. The lowest BCUT2D eigenvalue weighted by molar-refractivity contribution is 1.15. The van der Waals surface area contributed by atoms with E-state index in [9.17, 15) is 0 Å². The van der Waals surface area contributed by atoms with Gasteiger partial charge in [-0.15, -0.1) is 0 Å². The van der Waals surface area contributed by atoms with Crippen molar-refractivity contribution in [1.29, 1.82) is 0 Å². The number of hydrogen-bond donors (Lipinski definition) is 1. The van der Waals surface area contributed by atoms with Gasteiger partial charge < -0.3 is 5.32 Å². The van der Waals surface area contributed by atoms with Crippen LogP contribution in [0, 0.1) is 0 Å². The van der Waals surface area contributed by atoms with E-state index in [0.717, 1.165) is 10.2 Å². The maximum atomic E-state index is 6.22. The Morgan fingerprint density at radius 3 is 2.24 bits per heavy atom. The Kier molecular flexibility index (Phi) is 4.39. The van der Waals surface area contributed by atoms with Gasteiger partial charge in [0.1, 0.15) is 0 Å². The second-order valence-corrected chi connectivity index (χ2v) is 6.51. The van der Waals surface area contributed by atoms with Gasteiger partial charge in [0.05, 0.1) is 15.7 Å². The fourth-order valence-electron chi connectivity index (χ4n) is 2.25. The van der Waals surface area contributed by atoms with Crippen LogP contribution in [-0.4, -0.2) is 0 Å². The van der Waals surface area contributed by atoms with E-state index in [0.29, 0.717) is 16.6 Å². The van der Waals surface area contributed by atoms with Crippen LogP contribution in [0.5, 0.6) is 0 Å². The first-order chi connectivity index (χ1) is 10.1. The number of hydrogen-bond acceptors (Lipinski definition) is 1. The van der Waals surface area contributed by atoms with E-state index in [2.05, 4.69) is 51.6 Å². The average Bonchev–Trinajstić information content (AvgIpc) is 2.46. The predicted octanol–water partition coefficient (Wildman–Crippen LogP) is 6.52. The second kappa shape index (κ2) is 6.27. The zero-order valence-corrected chi connectivity index (χ0v) is 14.1. The highest BCUT2D eigenvalue weighted by Gasteiger charge is 2.07. The van der Waals surface area contributed by atoms with Gasteiger partial charge in [-0.3, -0.25) is 0 Å². The lowest BCUT2D eigenvalue weighted by Gasteiger charge is -2.11. The van der Waals surface area contributed by atoms with Crippen LogP contribution in [0.15, 0.2) is 59.1 Å². The maximum Gasteiger partial charge on any atom is 0.0722 e. The largest absolute Gasteiger partial charge is 0.379 e. The van der Waals surface area contributed by atoms with Crippen LogP contribution in [0.4, 0.5) is 5.69 Å². The van der Waals surface area contributed by atoms with Gasteiger partial charge in [-0.25, -0.2) is 0 Å². The minimum absolute atomic E-state index is 0.607. The molecule has 0 aliphatic rings. The molecule has 106 valence electrons. The summed E-state index contributed by atoms with van der Waals surface area (Å²) in [5, 5.41) is 6.98. The van der Waals surface area contributed by atoms with Crippen molar-refractivity contribution >= 4 is 55.6 Å². The molecule has 0 unspecified atom stereocenters. The topological polar surface area (TPSA) is 12.0 Å². The molecule has 0 atom stereocenters. The fourth-order valence-corrected chi connectivity index (χ4v) is 3.59. The second-order valence-electron chi connectivity index (χ2n) is 4.78. The van der Waals surface area contributed by atoms with Crippen molar-refractivity contribution in [3.63, 3.8) is 0 Å². The van der Waals surface area contributed by atoms with Crippen LogP contribution < -0.4 is 5.32 Å². The van der Waals surface area contributed by atoms with Crippen LogP contribution in [0.3, 0.4) is 0 Å². The van der Waals surface area contributed by atoms with E-state index in [1.54, 1.807) is 0 Å². The molecular weight excluding hydrogens is 369 g/mol. The fraction of sp³-hybridized carbons (Fsp3) is 0.0588. The van der Waals surface area contributed by atoms with Gasteiger partial charge in [-0.2, -0.15) is 0 Å². The Labute approximate surface area is 142 Å². The summed E-state index contributed by atoms with van der Waals surface area (Å²) in [5.41, 5.74) is 1.94. The van der Waals surface area contributed by atoms with Crippen LogP contribution in [-0.2, 0) is 6.54 Å². The van der Waals surface area contributed by atoms with E-state index in [1.165, 1.54) is 16.3 Å². The molecule has 0 aliphatic heterocycles. The summed E-state index contributed by atoms with van der Waals surface area (Å²) in [6.07, 6.45) is 0. The highest BCUT2D eigenvalue weighted by Crippen LogP contribution is 2.34. The zero-order chi connectivity index (χ0) is 14.8. The lowest BCUT2D eigenvalue weighted by Crippen LogP contribution is -2.00. The molecule has 3 aromatic rings. The highest BCUT2D eigenvalue weighted by molar-refractivity contribution is 9.10. The van der Waals surface area contributed by atoms with Crippen molar-refractivity contribution in [1.82, 2.24) is 0 Å². The number of benzene rings is 3. The molecule has 1 nitrogen and oxygen atoms in total. The monoisotopic (exact) mass is 379 g/mol. The molecule has 0 radical (unpaired) electrons. The third-order valence-electron chi connectivity index (χ3n) is 3.29. The van der Waals surface area contributed by atoms with E-state index in [-0.39, 0.29) is 0 Å². The summed E-state index contributed by atoms with van der Waals surface area (Å²) in [7, 11) is 0. The zero-order valence-electron chi connectivity index (χ0n) is 11.0. The number of fused-ring (bicyclic) bond motifs is 1. The molecule has 0 aliphatic carbocycles. The molecule has 3 aromatic carbocycles.